The summed E-state index contributed by atoms with van der Waals surface area (Å²) in [6, 6.07) is 0. The molecule has 0 aromatic rings. The van der Waals surface area contributed by atoms with E-state index >= 15 is 0 Å². The molecule has 0 spiro atoms. The number of carbonyl (C=O) groups is 2. The molecule has 0 heterocycles. The summed E-state index contributed by atoms with van der Waals surface area (Å²) in [5.41, 5.74) is 0.765. The Morgan fingerprint density at radius 2 is 1.86 bits per heavy atom. The molecule has 0 aliphatic heterocycles. The Hall–Kier alpha value is -1.39. The molecular weight excluding hydrogens is 354 g/mol. The molecule has 4 fully saturated rings. The minimum absolute atomic E-state index is 0.0235. The maximum atomic E-state index is 13.6. The fraction of sp³-hybridized carbons (Fsp3) is 0.870. The molecule has 4 aliphatic rings. The van der Waals surface area contributed by atoms with Gasteiger partial charge in [-0.2, -0.15) is 0 Å². The van der Waals surface area contributed by atoms with Crippen molar-refractivity contribution in [3.63, 3.8) is 0 Å². The average Bonchev–Trinajstić information content (AvgIpc) is 2.97. The Labute approximate surface area is 168 Å². The zero-order valence-corrected chi connectivity index (χ0v) is 17.7. The van der Waals surface area contributed by atoms with E-state index in [2.05, 4.69) is 19.0 Å². The van der Waals surface area contributed by atoms with Gasteiger partial charge in [-0.05, 0) is 80.5 Å². The maximum absolute atomic E-state index is 13.6. The molecule has 0 amide bonds. The summed E-state index contributed by atoms with van der Waals surface area (Å²) in [6.45, 7) is 8.00. The predicted molar refractivity (Wildman–Crippen MR) is 106 cm³/mol. The lowest BCUT2D eigenvalue weighted by molar-refractivity contribution is -0.168. The minimum atomic E-state index is -0.190. The topological polar surface area (TPSA) is 76.0 Å². The number of ketones is 1. The molecule has 0 bridgehead atoms. The van der Waals surface area contributed by atoms with Crippen LogP contribution in [-0.2, 0) is 14.3 Å². The zero-order valence-electron chi connectivity index (χ0n) is 17.7. The summed E-state index contributed by atoms with van der Waals surface area (Å²) in [4.78, 5) is 25.0. The Balaban J connectivity index is 1.60. The van der Waals surface area contributed by atoms with E-state index in [0.717, 1.165) is 50.7 Å². The molecule has 5 heteroatoms. The van der Waals surface area contributed by atoms with Crippen LogP contribution < -0.4 is 0 Å². The molecule has 0 aromatic heterocycles. The van der Waals surface area contributed by atoms with Gasteiger partial charge in [-0.1, -0.05) is 19.0 Å². The van der Waals surface area contributed by atoms with E-state index in [1.54, 1.807) is 0 Å². The molecule has 4 saturated carbocycles. The summed E-state index contributed by atoms with van der Waals surface area (Å²) in [7, 11) is 0. The highest BCUT2D eigenvalue weighted by molar-refractivity contribution is 5.89. The van der Waals surface area contributed by atoms with Crippen molar-refractivity contribution < 1.29 is 19.5 Å². The number of hydrogen-bond donors (Lipinski definition) is 1. The monoisotopic (exact) mass is 389 g/mol. The highest BCUT2D eigenvalue weighted by atomic mass is 16.5. The van der Waals surface area contributed by atoms with Crippen LogP contribution in [0.2, 0.25) is 0 Å². The second-order valence-electron chi connectivity index (χ2n) is 10.6. The van der Waals surface area contributed by atoms with Crippen LogP contribution >= 0.6 is 0 Å². The van der Waals surface area contributed by atoms with Crippen LogP contribution in [0.25, 0.3) is 0 Å². The lowest BCUT2D eigenvalue weighted by Crippen LogP contribution is -2.58. The molecule has 0 saturated heterocycles. The van der Waals surface area contributed by atoms with Crippen molar-refractivity contribution in [1.82, 2.24) is 0 Å². The van der Waals surface area contributed by atoms with Crippen LogP contribution in [0.4, 0.5) is 0 Å². The van der Waals surface area contributed by atoms with Gasteiger partial charge in [0.1, 0.15) is 11.9 Å². The second-order valence-corrected chi connectivity index (χ2v) is 10.6. The molecule has 1 N–H and O–H groups in total. The quantitative estimate of drug-likeness (QED) is 0.324. The van der Waals surface area contributed by atoms with Gasteiger partial charge >= 0.3 is 5.97 Å². The minimum Gasteiger partial charge on any atom is -0.463 e. The lowest BCUT2D eigenvalue weighted by Gasteiger charge is -2.60. The zero-order chi connectivity index (χ0) is 20.3. The lowest BCUT2D eigenvalue weighted by atomic mass is 9.44. The Kier molecular flexibility index (Phi) is 4.86. The van der Waals surface area contributed by atoms with Gasteiger partial charge in [0.2, 0.25) is 0 Å². The molecule has 4 rings (SSSR count). The normalized spacial score (nSPS) is 48.4. The van der Waals surface area contributed by atoms with Crippen LogP contribution in [0.3, 0.4) is 0 Å². The van der Waals surface area contributed by atoms with Gasteiger partial charge in [0.15, 0.2) is 0 Å². The van der Waals surface area contributed by atoms with Gasteiger partial charge in [0.25, 0.3) is 0 Å². The van der Waals surface area contributed by atoms with E-state index in [-0.39, 0.29) is 34.7 Å². The van der Waals surface area contributed by atoms with Crippen molar-refractivity contribution in [1.29, 1.82) is 0 Å². The van der Waals surface area contributed by atoms with Gasteiger partial charge in [0.05, 0.1) is 5.71 Å². The molecule has 0 radical (unpaired) electrons. The van der Waals surface area contributed by atoms with Gasteiger partial charge in [-0.25, -0.2) is 0 Å². The van der Waals surface area contributed by atoms with Crippen molar-refractivity contribution in [2.45, 2.75) is 85.2 Å². The van der Waals surface area contributed by atoms with Crippen LogP contribution in [0, 0.1) is 40.4 Å². The third-order valence-corrected chi connectivity index (χ3v) is 9.30. The summed E-state index contributed by atoms with van der Waals surface area (Å²) < 4.78 is 5.53. The van der Waals surface area contributed by atoms with Crippen molar-refractivity contribution in [3.05, 3.63) is 0 Å². The smallest absolute Gasteiger partial charge is 0.302 e. The van der Waals surface area contributed by atoms with E-state index in [9.17, 15) is 14.8 Å². The standard InChI is InChI=1S/C23H35NO4/c1-13(24-27)18-7-8-19-17-6-5-15-11-16(28-14(2)25)9-10-22(15,3)21(17)20(26)12-23(18,19)4/h15-19,21,27H,5-12H2,1-4H3/b24-13-/t15-,16+,17+,18-,19+,21-,22+,23-/m1/s1. The summed E-state index contributed by atoms with van der Waals surface area (Å²) >= 11 is 0. The summed E-state index contributed by atoms with van der Waals surface area (Å²) in [5, 5.41) is 12.9. The highest BCUT2D eigenvalue weighted by Gasteiger charge is 2.63. The number of rotatable bonds is 2. The van der Waals surface area contributed by atoms with Gasteiger partial charge < -0.3 is 9.94 Å². The van der Waals surface area contributed by atoms with E-state index in [4.69, 9.17) is 4.74 Å². The summed E-state index contributed by atoms with van der Waals surface area (Å²) in [5.74, 6) is 2.07. The van der Waals surface area contributed by atoms with Crippen molar-refractivity contribution in [3.8, 4) is 0 Å². The van der Waals surface area contributed by atoms with Gasteiger partial charge in [-0.3, -0.25) is 9.59 Å². The molecule has 0 unspecified atom stereocenters. The third kappa shape index (κ3) is 2.83. The first-order valence-electron chi connectivity index (χ1n) is 11.1. The van der Waals surface area contributed by atoms with Crippen LogP contribution in [-0.4, -0.2) is 28.8 Å². The molecule has 5 nitrogen and oxygen atoms in total. The number of carbonyl (C=O) groups excluding carboxylic acids is 2. The molecular formula is C23H35NO4. The maximum Gasteiger partial charge on any atom is 0.302 e. The van der Waals surface area contributed by atoms with E-state index < -0.39 is 0 Å². The molecule has 8 atom stereocenters. The van der Waals surface area contributed by atoms with E-state index in [1.165, 1.54) is 6.92 Å². The van der Waals surface area contributed by atoms with Crippen LogP contribution in [0.15, 0.2) is 5.16 Å². The van der Waals surface area contributed by atoms with E-state index in [0.29, 0.717) is 30.0 Å². The Bertz CT molecular complexity index is 703. The number of fused-ring (bicyclic) bond motifs is 5. The molecule has 4 aliphatic carbocycles. The number of ether oxygens (including phenoxy) is 1. The van der Waals surface area contributed by atoms with E-state index in [1.807, 2.05) is 6.92 Å². The molecule has 0 aromatic carbocycles. The molecule has 156 valence electrons. The SMILES string of the molecule is CC(=O)O[C@H]1CC[C@@]2(C)[C@H](CC[C@H]3[C@@H]4CC[C@H](/C(C)=N\O)[C@@]4(C)CC(=O)[C@@H]32)C1. The Morgan fingerprint density at radius 3 is 2.54 bits per heavy atom. The molecule has 28 heavy (non-hydrogen) atoms. The first kappa shape index (κ1) is 19.9. The number of esters is 1. The Morgan fingerprint density at radius 1 is 1.11 bits per heavy atom. The van der Waals surface area contributed by atoms with Crippen LogP contribution in [0.1, 0.15) is 79.1 Å². The largest absolute Gasteiger partial charge is 0.463 e. The van der Waals surface area contributed by atoms with Gasteiger partial charge in [0, 0.05) is 25.2 Å². The number of nitrogens with zero attached hydrogens (tertiary/aromatic N) is 1. The number of Topliss-reactive ketones (excluding diaryl/α,β-unsaturated/α-hetero) is 1. The van der Waals surface area contributed by atoms with Crippen molar-refractivity contribution in [2.24, 2.45) is 45.6 Å². The van der Waals surface area contributed by atoms with Crippen molar-refractivity contribution in [2.75, 3.05) is 0 Å². The third-order valence-electron chi connectivity index (χ3n) is 9.30. The fourth-order valence-electron chi connectivity index (χ4n) is 8.13. The first-order chi connectivity index (χ1) is 13.2. The number of hydrogen-bond acceptors (Lipinski definition) is 5. The average molecular weight is 390 g/mol. The van der Waals surface area contributed by atoms with Gasteiger partial charge in [-0.15, -0.1) is 0 Å². The fourth-order valence-corrected chi connectivity index (χ4v) is 8.13. The summed E-state index contributed by atoms with van der Waals surface area (Å²) in [6.07, 6.45) is 7.81. The van der Waals surface area contributed by atoms with Crippen molar-refractivity contribution >= 4 is 17.5 Å². The second kappa shape index (κ2) is 6.84. The first-order valence-corrected chi connectivity index (χ1v) is 11.1. The predicted octanol–water partition coefficient (Wildman–Crippen LogP) is 4.61. The van der Waals surface area contributed by atoms with Crippen LogP contribution in [0.5, 0.6) is 0 Å². The number of oxime groups is 1. The highest BCUT2D eigenvalue weighted by Crippen LogP contribution is 2.66.